The molecule has 0 aliphatic carbocycles. The lowest BCUT2D eigenvalue weighted by Crippen LogP contribution is -2.17. The monoisotopic (exact) mass is 258 g/mol. The maximum Gasteiger partial charge on any atom is 0.283 e. The second-order valence-corrected chi connectivity index (χ2v) is 5.88. The van der Waals surface area contributed by atoms with Crippen molar-refractivity contribution in [1.82, 2.24) is 0 Å². The zero-order valence-corrected chi connectivity index (χ0v) is 12.2. The van der Waals surface area contributed by atoms with Gasteiger partial charge in [0.2, 0.25) is 0 Å². The largest absolute Gasteiger partial charge is 0.468 e. The zero-order chi connectivity index (χ0) is 13.9. The molecule has 19 heavy (non-hydrogen) atoms. The number of allylic oxidation sites excluding steroid dienone is 3. The summed E-state index contributed by atoms with van der Waals surface area (Å²) < 4.78 is 11.3. The Hall–Kier alpha value is -1.70. The normalized spacial score (nSPS) is 15.9. The van der Waals surface area contributed by atoms with Crippen LogP contribution in [0.2, 0.25) is 0 Å². The van der Waals surface area contributed by atoms with Gasteiger partial charge in [0, 0.05) is 17.4 Å². The molecule has 0 atom stereocenters. The molecular formula is C17H22O2. The van der Waals surface area contributed by atoms with Crippen molar-refractivity contribution in [2.45, 2.75) is 33.6 Å². The van der Waals surface area contributed by atoms with Gasteiger partial charge in [-0.3, -0.25) is 0 Å². The van der Waals surface area contributed by atoms with E-state index < -0.39 is 0 Å². The van der Waals surface area contributed by atoms with Gasteiger partial charge in [0.25, 0.3) is 5.95 Å². The van der Waals surface area contributed by atoms with E-state index in [1.54, 1.807) is 7.11 Å². The second kappa shape index (κ2) is 5.52. The molecule has 0 bridgehead atoms. The van der Waals surface area contributed by atoms with Gasteiger partial charge < -0.3 is 9.47 Å². The van der Waals surface area contributed by atoms with Gasteiger partial charge in [0.1, 0.15) is 5.76 Å². The molecule has 0 radical (unpaired) electrons. The third-order valence-electron chi connectivity index (χ3n) is 3.21. The van der Waals surface area contributed by atoms with Crippen molar-refractivity contribution in [3.05, 3.63) is 59.2 Å². The first-order chi connectivity index (χ1) is 9.00. The summed E-state index contributed by atoms with van der Waals surface area (Å²) in [7, 11) is 1.67. The summed E-state index contributed by atoms with van der Waals surface area (Å²) in [5, 5.41) is 0. The Bertz CT molecular complexity index is 490. The van der Waals surface area contributed by atoms with Gasteiger partial charge in [0.05, 0.1) is 7.11 Å². The number of rotatable bonds is 3. The molecule has 1 aliphatic rings. The molecule has 0 N–H and O–H groups in total. The molecule has 1 aromatic carbocycles. The van der Waals surface area contributed by atoms with E-state index in [-0.39, 0.29) is 5.41 Å². The van der Waals surface area contributed by atoms with Crippen molar-refractivity contribution < 1.29 is 9.47 Å². The van der Waals surface area contributed by atoms with Crippen LogP contribution >= 0.6 is 0 Å². The summed E-state index contributed by atoms with van der Waals surface area (Å²) in [6.45, 7) is 6.44. The first-order valence-corrected chi connectivity index (χ1v) is 6.69. The van der Waals surface area contributed by atoms with E-state index in [1.807, 2.05) is 6.07 Å². The van der Waals surface area contributed by atoms with Crippen LogP contribution < -0.4 is 0 Å². The number of methoxy groups -OCH3 is 1. The van der Waals surface area contributed by atoms with Crippen molar-refractivity contribution in [3.63, 3.8) is 0 Å². The first kappa shape index (κ1) is 13.7. The average molecular weight is 258 g/mol. The van der Waals surface area contributed by atoms with Gasteiger partial charge in [-0.1, -0.05) is 51.1 Å². The highest BCUT2D eigenvalue weighted by Gasteiger charge is 2.25. The average Bonchev–Trinajstić information content (AvgIpc) is 2.39. The molecular weight excluding hydrogens is 236 g/mol. The van der Waals surface area contributed by atoms with Crippen LogP contribution in [0.1, 0.15) is 32.8 Å². The summed E-state index contributed by atoms with van der Waals surface area (Å²) in [5.41, 5.74) is 2.49. The molecule has 2 heteroatoms. The van der Waals surface area contributed by atoms with Gasteiger partial charge in [0.15, 0.2) is 0 Å². The summed E-state index contributed by atoms with van der Waals surface area (Å²) in [6, 6.07) is 10.4. The Morgan fingerprint density at radius 2 is 1.84 bits per heavy atom. The van der Waals surface area contributed by atoms with E-state index in [9.17, 15) is 0 Å². The summed E-state index contributed by atoms with van der Waals surface area (Å²) in [6.07, 6.45) is 3.93. The summed E-state index contributed by atoms with van der Waals surface area (Å²) >= 11 is 0. The highest BCUT2D eigenvalue weighted by molar-refractivity contribution is 5.27. The molecule has 0 fully saturated rings. The predicted molar refractivity (Wildman–Crippen MR) is 77.4 cm³/mol. The van der Waals surface area contributed by atoms with E-state index in [0.717, 1.165) is 18.6 Å². The highest BCUT2D eigenvalue weighted by atomic mass is 16.7. The molecule has 1 aliphatic heterocycles. The fourth-order valence-electron chi connectivity index (χ4n) is 2.14. The van der Waals surface area contributed by atoms with Crippen molar-refractivity contribution >= 4 is 0 Å². The fourth-order valence-corrected chi connectivity index (χ4v) is 2.14. The molecule has 0 saturated heterocycles. The maximum atomic E-state index is 5.90. The number of benzene rings is 1. The molecule has 0 amide bonds. The SMILES string of the molecule is COC1=C(Cc2ccccc2)CC=C(C(C)(C)C)O1. The minimum absolute atomic E-state index is 0.0159. The van der Waals surface area contributed by atoms with E-state index >= 15 is 0 Å². The van der Waals surface area contributed by atoms with Crippen LogP contribution in [0.15, 0.2) is 53.7 Å². The van der Waals surface area contributed by atoms with E-state index in [0.29, 0.717) is 5.95 Å². The molecule has 0 saturated carbocycles. The van der Waals surface area contributed by atoms with Gasteiger partial charge in [-0.15, -0.1) is 0 Å². The molecule has 2 nitrogen and oxygen atoms in total. The van der Waals surface area contributed by atoms with Crippen LogP contribution in [0, 0.1) is 5.41 Å². The topological polar surface area (TPSA) is 18.5 Å². The Balaban J connectivity index is 2.15. The second-order valence-electron chi connectivity index (χ2n) is 5.88. The Labute approximate surface area is 115 Å². The van der Waals surface area contributed by atoms with Crippen LogP contribution in [-0.4, -0.2) is 7.11 Å². The van der Waals surface area contributed by atoms with Crippen LogP contribution in [0.3, 0.4) is 0 Å². The molecule has 0 spiro atoms. The van der Waals surface area contributed by atoms with Gasteiger partial charge in [-0.2, -0.15) is 0 Å². The standard InChI is InChI=1S/C17H22O2/c1-17(2,3)15-11-10-14(16(18-4)19-15)12-13-8-6-5-7-9-13/h5-9,11H,10,12H2,1-4H3. The molecule has 1 aromatic rings. The lowest BCUT2D eigenvalue weighted by atomic mass is 9.91. The summed E-state index contributed by atoms with van der Waals surface area (Å²) in [5.74, 6) is 1.65. The van der Waals surface area contributed by atoms with Crippen LogP contribution in [0.4, 0.5) is 0 Å². The number of hydrogen-bond donors (Lipinski definition) is 0. The Morgan fingerprint density at radius 3 is 2.42 bits per heavy atom. The van der Waals surface area contributed by atoms with Crippen LogP contribution in [0.25, 0.3) is 0 Å². The van der Waals surface area contributed by atoms with Crippen molar-refractivity contribution in [3.8, 4) is 0 Å². The van der Waals surface area contributed by atoms with E-state index in [1.165, 1.54) is 11.1 Å². The predicted octanol–water partition coefficient (Wildman–Crippen LogP) is 4.44. The van der Waals surface area contributed by atoms with Gasteiger partial charge in [-0.25, -0.2) is 0 Å². The number of ether oxygens (including phenoxy) is 2. The maximum absolute atomic E-state index is 5.90. The summed E-state index contributed by atoms with van der Waals surface area (Å²) in [4.78, 5) is 0. The van der Waals surface area contributed by atoms with Crippen molar-refractivity contribution in [1.29, 1.82) is 0 Å². The van der Waals surface area contributed by atoms with Crippen molar-refractivity contribution in [2.24, 2.45) is 5.41 Å². The Morgan fingerprint density at radius 1 is 1.16 bits per heavy atom. The third-order valence-corrected chi connectivity index (χ3v) is 3.21. The highest BCUT2D eigenvalue weighted by Crippen LogP contribution is 2.34. The number of hydrogen-bond acceptors (Lipinski definition) is 2. The fraction of sp³-hybridized carbons (Fsp3) is 0.412. The van der Waals surface area contributed by atoms with Crippen LogP contribution in [0.5, 0.6) is 0 Å². The third kappa shape index (κ3) is 3.40. The van der Waals surface area contributed by atoms with E-state index in [2.05, 4.69) is 51.1 Å². The molecule has 102 valence electrons. The molecule has 1 heterocycles. The smallest absolute Gasteiger partial charge is 0.283 e. The first-order valence-electron chi connectivity index (χ1n) is 6.69. The molecule has 0 aromatic heterocycles. The zero-order valence-electron chi connectivity index (χ0n) is 12.2. The van der Waals surface area contributed by atoms with Gasteiger partial charge >= 0.3 is 0 Å². The lowest BCUT2D eigenvalue weighted by molar-refractivity contribution is 0.0672. The van der Waals surface area contributed by atoms with Crippen molar-refractivity contribution in [2.75, 3.05) is 7.11 Å². The lowest BCUT2D eigenvalue weighted by Gasteiger charge is -2.28. The van der Waals surface area contributed by atoms with Gasteiger partial charge in [-0.05, 0) is 18.1 Å². The molecule has 2 rings (SSSR count). The van der Waals surface area contributed by atoms with Crippen LogP contribution in [-0.2, 0) is 15.9 Å². The minimum atomic E-state index is 0.0159. The molecule has 0 unspecified atom stereocenters. The Kier molecular flexibility index (Phi) is 3.98. The van der Waals surface area contributed by atoms with E-state index in [4.69, 9.17) is 9.47 Å². The quantitative estimate of drug-likeness (QED) is 0.798. The minimum Gasteiger partial charge on any atom is -0.468 e.